The number of rotatable bonds is 11. The van der Waals surface area contributed by atoms with Gasteiger partial charge < -0.3 is 36.0 Å². The van der Waals surface area contributed by atoms with Gasteiger partial charge in [-0.1, -0.05) is 69.2 Å². The maximum Gasteiger partial charge on any atom is 0.418 e. The van der Waals surface area contributed by atoms with Crippen LogP contribution in [0.4, 0.5) is 119 Å². The number of imidazole rings is 5. The Morgan fingerprint density at radius 3 is 1.14 bits per heavy atom. The summed E-state index contributed by atoms with van der Waals surface area (Å²) in [4.78, 5) is 44.1. The van der Waals surface area contributed by atoms with Crippen LogP contribution in [-0.2, 0) is 92.6 Å². The summed E-state index contributed by atoms with van der Waals surface area (Å²) in [6.45, 7) is 20.1. The minimum atomic E-state index is -5.08. The molecule has 10 aromatic rings. The van der Waals surface area contributed by atoms with Crippen molar-refractivity contribution in [3.63, 3.8) is 0 Å². The van der Waals surface area contributed by atoms with Crippen LogP contribution in [0.2, 0.25) is 0 Å². The molecule has 8 N–H and O–H groups in total. The van der Waals surface area contributed by atoms with Gasteiger partial charge in [0.2, 0.25) is 5.91 Å². The molecule has 5 heterocycles. The molecule has 0 aliphatic carbocycles. The lowest BCUT2D eigenvalue weighted by Gasteiger charge is -2.16. The van der Waals surface area contributed by atoms with Crippen molar-refractivity contribution in [2.45, 2.75) is 177 Å². The largest absolute Gasteiger partial charge is 0.418 e. The first kappa shape index (κ1) is 87.9. The second-order valence-electron chi connectivity index (χ2n) is 27.5. The van der Waals surface area contributed by atoms with Crippen molar-refractivity contribution < 1.29 is 123 Å². The number of carbonyl (C=O) groups excluding carboxylic acids is 1. The Morgan fingerprint density at radius 1 is 0.417 bits per heavy atom. The highest BCUT2D eigenvalue weighted by Crippen LogP contribution is 2.46. The average Bonchev–Trinajstić information content (AvgIpc) is 1.59. The van der Waals surface area contributed by atoms with Gasteiger partial charge in [-0.15, -0.1) is 0 Å². The van der Waals surface area contributed by atoms with Gasteiger partial charge in [0.25, 0.3) is 0 Å². The second-order valence-corrected chi connectivity index (χ2v) is 27.5. The zero-order chi connectivity index (χ0) is 82.2. The molecule has 5 aromatic carbocycles. The number of fused-ring (bicyclic) bond motifs is 5. The van der Waals surface area contributed by atoms with Crippen molar-refractivity contribution in [2.75, 3.05) is 6.54 Å². The van der Waals surface area contributed by atoms with E-state index in [1.807, 2.05) is 20.8 Å². The lowest BCUT2D eigenvalue weighted by Crippen LogP contribution is -2.34. The molecule has 13 nitrogen and oxygen atoms in total. The maximum atomic E-state index is 13.1. The van der Waals surface area contributed by atoms with E-state index in [2.05, 4.69) is 69.0 Å². The highest BCUT2D eigenvalue weighted by atomic mass is 19.4. The molecule has 0 unspecified atom stereocenters. The summed E-state index contributed by atoms with van der Waals surface area (Å²) < 4.78 is 347. The van der Waals surface area contributed by atoms with E-state index >= 15 is 0 Å². The fraction of sp³-hybridized carbons (Fsp3) is 0.471. The van der Waals surface area contributed by atoms with Gasteiger partial charge in [0.05, 0.1) is 89.7 Å². The fourth-order valence-corrected chi connectivity index (χ4v) is 10.7. The molecular formula is C68H69F27N12O. The Hall–Kier alpha value is -9.01. The van der Waals surface area contributed by atoms with E-state index in [0.29, 0.717) is 97.6 Å². The van der Waals surface area contributed by atoms with Crippen molar-refractivity contribution in [1.82, 2.24) is 55.2 Å². The Bertz CT molecular complexity index is 4690. The highest BCUT2D eigenvalue weighted by molar-refractivity contribution is 5.84. The molecule has 1 amide bonds. The molecule has 40 heteroatoms. The van der Waals surface area contributed by atoms with E-state index in [9.17, 15) is 123 Å². The quantitative estimate of drug-likeness (QED) is 0.0625. The molecule has 0 bridgehead atoms. The van der Waals surface area contributed by atoms with Crippen molar-refractivity contribution in [3.8, 4) is 0 Å². The van der Waals surface area contributed by atoms with Crippen molar-refractivity contribution in [2.24, 2.45) is 28.4 Å². The van der Waals surface area contributed by atoms with Gasteiger partial charge in [-0.05, 0) is 110 Å². The number of hydrogen-bond donors (Lipinski definition) is 7. The van der Waals surface area contributed by atoms with Crippen LogP contribution < -0.4 is 11.1 Å². The first-order valence-electron chi connectivity index (χ1n) is 32.2. The summed E-state index contributed by atoms with van der Waals surface area (Å²) in [6.07, 6.45) is -40.8. The number of aromatic nitrogens is 10. The molecule has 0 radical (unpaired) electrons. The van der Waals surface area contributed by atoms with Crippen LogP contribution in [0.3, 0.4) is 0 Å². The molecule has 0 fully saturated rings. The first-order valence-corrected chi connectivity index (χ1v) is 32.2. The summed E-state index contributed by atoms with van der Waals surface area (Å²) in [5, 5.41) is 2.47. The molecule has 5 aromatic heterocycles. The number of nitrogens with zero attached hydrogens (tertiary/aromatic N) is 5. The van der Waals surface area contributed by atoms with Gasteiger partial charge in [0.15, 0.2) is 0 Å². The zero-order valence-electron chi connectivity index (χ0n) is 58.5. The molecule has 0 aliphatic rings. The average molecular weight is 1580 g/mol. The Labute approximate surface area is 595 Å². The van der Waals surface area contributed by atoms with Crippen molar-refractivity contribution in [1.29, 1.82) is 0 Å². The van der Waals surface area contributed by atoms with Crippen LogP contribution in [0.5, 0.6) is 0 Å². The van der Waals surface area contributed by atoms with Gasteiger partial charge in [0.1, 0.15) is 51.2 Å². The number of nitrogens with two attached hydrogens (primary N) is 1. The number of benzene rings is 5. The molecule has 0 saturated carbocycles. The lowest BCUT2D eigenvalue weighted by atomic mass is 9.92. The van der Waals surface area contributed by atoms with E-state index in [1.165, 1.54) is 0 Å². The van der Waals surface area contributed by atoms with E-state index < -0.39 is 133 Å². The predicted octanol–water partition coefficient (Wildman–Crippen LogP) is 22.2. The van der Waals surface area contributed by atoms with Crippen LogP contribution in [0, 0.1) is 29.6 Å². The topological polar surface area (TPSA) is 199 Å². The summed E-state index contributed by atoms with van der Waals surface area (Å²) >= 11 is 0. The first-order chi connectivity index (χ1) is 48.9. The predicted molar refractivity (Wildman–Crippen MR) is 344 cm³/mol. The second kappa shape index (κ2) is 31.9. The number of carbonyl (C=O) groups is 1. The number of hydrogen-bond acceptors (Lipinski definition) is 7. The van der Waals surface area contributed by atoms with E-state index in [0.717, 1.165) is 12.5 Å². The SMILES string of the molecule is CC(C)(C)C(=O)NCc1nc2c(C(F)(F)F)cc(C(F)(F)F)cc2[nH]1.CC(C)(C)Cc1nc2c(C(F)(F)F)cc(C(F)(F)F)cc2[nH]1.CCCc1nc2c(C(F)(F)F)cc(C(F)(F)F)cc2[nH]1.CCc1nc2cc(C(F)(F)F)c(C(F)(F)F)cc2[nH]1.Cc1cc(C(F)(F)F)c2nc(C[C@@H](CN)CC(C)C)[nH]c2c1. The minimum Gasteiger partial charge on any atom is -0.348 e. The van der Waals surface area contributed by atoms with Crippen LogP contribution in [0.15, 0.2) is 60.7 Å². The molecule has 1 atom stereocenters. The van der Waals surface area contributed by atoms with Gasteiger partial charge in [-0.2, -0.15) is 119 Å². The molecule has 108 heavy (non-hydrogen) atoms. The van der Waals surface area contributed by atoms with Crippen LogP contribution in [0.25, 0.3) is 55.2 Å². The highest BCUT2D eigenvalue weighted by Gasteiger charge is 2.46. The Balaban J connectivity index is 0.000000212. The summed E-state index contributed by atoms with van der Waals surface area (Å²) in [7, 11) is 0. The minimum absolute atomic E-state index is 0.00609. The third-order valence-corrected chi connectivity index (χ3v) is 15.4. The number of aromatic amines is 5. The molecular weight excluding hydrogens is 1510 g/mol. The van der Waals surface area contributed by atoms with Crippen molar-refractivity contribution >= 4 is 61.1 Å². The van der Waals surface area contributed by atoms with Crippen LogP contribution in [0.1, 0.15) is 167 Å². The van der Waals surface area contributed by atoms with E-state index in [1.54, 1.807) is 47.6 Å². The molecule has 0 spiro atoms. The summed E-state index contributed by atoms with van der Waals surface area (Å²) in [6, 6.07) is 5.80. The number of H-pyrrole nitrogens is 5. The zero-order valence-corrected chi connectivity index (χ0v) is 58.5. The number of halogens is 27. The molecule has 596 valence electrons. The molecule has 10 rings (SSSR count). The smallest absolute Gasteiger partial charge is 0.348 e. The third-order valence-electron chi connectivity index (χ3n) is 15.4. The van der Waals surface area contributed by atoms with Crippen LogP contribution in [-0.4, -0.2) is 62.3 Å². The number of alkyl halides is 27. The van der Waals surface area contributed by atoms with Gasteiger partial charge in [-0.25, -0.2) is 24.9 Å². The lowest BCUT2D eigenvalue weighted by molar-refractivity contribution is -0.161. The number of aryl methyl sites for hydroxylation is 3. The molecule has 0 aliphatic heterocycles. The molecule has 0 saturated heterocycles. The fourth-order valence-electron chi connectivity index (χ4n) is 10.7. The monoisotopic (exact) mass is 1580 g/mol. The number of amides is 1. The Morgan fingerprint density at radius 2 is 0.769 bits per heavy atom. The summed E-state index contributed by atoms with van der Waals surface area (Å²) in [5.41, 5.74) is -9.41. The van der Waals surface area contributed by atoms with Gasteiger partial charge in [-0.3, -0.25) is 4.79 Å². The third kappa shape index (κ3) is 23.3. The van der Waals surface area contributed by atoms with Crippen LogP contribution >= 0.6 is 0 Å². The van der Waals surface area contributed by atoms with Crippen molar-refractivity contribution in [3.05, 3.63) is 145 Å². The number of nitrogens with one attached hydrogen (secondary N) is 6. The van der Waals surface area contributed by atoms with E-state index in [-0.39, 0.29) is 87.0 Å². The maximum absolute atomic E-state index is 13.1. The summed E-state index contributed by atoms with van der Waals surface area (Å²) in [5.74, 6) is 1.64. The normalized spacial score (nSPS) is 13.5. The van der Waals surface area contributed by atoms with E-state index in [4.69, 9.17) is 5.73 Å². The van der Waals surface area contributed by atoms with Gasteiger partial charge in [0, 0.05) is 31.1 Å². The Kier molecular flexibility index (Phi) is 26.0. The standard InChI is InChI=1S/C16H22F3N3.C15H15F6N3O.C14H14F6N2.C12H10F6N2.C11H8F6N2/c1-9(2)4-11(8-20)7-14-21-13-6-10(3)5-12(15(13)22-14)16(17,18)19;1-13(2,3)12(25)22-6-10-23-9-5-7(14(16,17)18)4-8(11(9)24-10)15(19,20)21;1-12(2,3)6-10-21-9-5-7(13(15,16)17)4-8(11(9)22-10)14(18,19)20;1-2-3-9-19-8-5-6(11(13,14)15)4-7(10(8)20-9)12(16,17)18;1-2-9-18-7-3-5(10(12,13)14)6(11(15,16)17)4-8(7)19-9/h5-6,9,11H,4,7-8,20H2,1-3H3,(H,21,22);4-5H,6H2,1-3H3,(H,22,25)(H,23,24);4-5H,6H2,1-3H3,(H,21,22);4-5H,2-3H2,1H3,(H,19,20);3-4H,2H2,1H3,(H,18,19)/t11-;;;;/m0..../s1. The van der Waals surface area contributed by atoms with Gasteiger partial charge >= 0.3 is 55.6 Å².